The number of rotatable bonds is 28. The van der Waals surface area contributed by atoms with Crippen LogP contribution in [0.2, 0.25) is 0 Å². The van der Waals surface area contributed by atoms with Crippen molar-refractivity contribution in [3.05, 3.63) is 0 Å². The molecule has 0 atom stereocenters. The average Bonchev–Trinajstić information content (AvgIpc) is 2.82. The Balaban J connectivity index is 4.23. The second-order valence-corrected chi connectivity index (χ2v) is 20.0. The lowest BCUT2D eigenvalue weighted by Crippen LogP contribution is -2.31. The molecule has 0 unspecified atom stereocenters. The van der Waals surface area contributed by atoms with Gasteiger partial charge in [0.1, 0.15) is 0 Å². The summed E-state index contributed by atoms with van der Waals surface area (Å²) in [5, 5.41) is 0. The molecule has 0 aromatic heterocycles. The lowest BCUT2D eigenvalue weighted by Gasteiger charge is -2.39. The molecule has 0 amide bonds. The second-order valence-electron chi connectivity index (χ2n) is 12.8. The van der Waals surface area contributed by atoms with E-state index in [-0.39, 0.29) is 0 Å². The molecule has 5 heteroatoms. The van der Waals surface area contributed by atoms with Crippen molar-refractivity contribution >= 4 is 14.9 Å². The Morgan fingerprint density at radius 2 is 0.676 bits per heavy atom. The van der Waals surface area contributed by atoms with Gasteiger partial charge in [-0.1, -0.05) is 155 Å². The molecule has 0 aromatic carbocycles. The Morgan fingerprint density at radius 3 is 0.865 bits per heavy atom. The maximum atomic E-state index is 12.9. The van der Waals surface area contributed by atoms with Crippen LogP contribution in [0.4, 0.5) is 0 Å². The summed E-state index contributed by atoms with van der Waals surface area (Å²) >= 11 is 0. The average molecular weight is 564 g/mol. The van der Waals surface area contributed by atoms with Gasteiger partial charge >= 0.3 is 7.60 Å². The highest BCUT2D eigenvalue weighted by molar-refractivity contribution is 7.85. The van der Waals surface area contributed by atoms with Crippen LogP contribution in [0, 0.1) is 0 Å². The molecule has 2 N–H and O–H groups in total. The van der Waals surface area contributed by atoms with Crippen LogP contribution in [0.1, 0.15) is 181 Å². The molecule has 0 rings (SSSR count). The topological polar surface area (TPSA) is 57.5 Å². The van der Waals surface area contributed by atoms with Crippen LogP contribution >= 0.6 is 14.9 Å². The second kappa shape index (κ2) is 23.3. The van der Waals surface area contributed by atoms with Gasteiger partial charge in [0.2, 0.25) is 0 Å². The van der Waals surface area contributed by atoms with Crippen molar-refractivity contribution in [3.8, 4) is 0 Å². The number of hydrogen-bond donors (Lipinski definition) is 2. The predicted octanol–water partition coefficient (Wildman–Crippen LogP) is 11.9. The van der Waals surface area contributed by atoms with Crippen molar-refractivity contribution in [3.63, 3.8) is 0 Å². The van der Waals surface area contributed by atoms with E-state index in [1.807, 2.05) is 0 Å². The Bertz CT molecular complexity index is 511. The summed E-state index contributed by atoms with van der Waals surface area (Å²) in [6.45, 7) is 11.0. The SMILES string of the molecule is CCCCCCCCCCCCCCC(CCCCCCCCCCCCCC)(P(=O)(O)O)[P+](C)(C)C. The highest BCUT2D eigenvalue weighted by atomic mass is 31.2. The van der Waals surface area contributed by atoms with Gasteiger partial charge in [-0.05, 0) is 25.7 Å². The van der Waals surface area contributed by atoms with E-state index in [9.17, 15) is 14.4 Å². The standard InChI is InChI=1S/C32H68O3P2/c1-6-8-10-12-14-16-18-20-22-24-26-28-30-32(36(3,4)5,37(33,34)35)31-29-27-25-23-21-19-17-15-13-11-9-7-2/h6-31H2,1-5H3,(H-,33,34,35)/p+1. The minimum absolute atomic E-state index is 0.712. The normalized spacial score (nSPS) is 12.9. The molecule has 3 nitrogen and oxygen atoms in total. The zero-order valence-electron chi connectivity index (χ0n) is 26.1. The van der Waals surface area contributed by atoms with Gasteiger partial charge in [0.05, 0.1) is 0 Å². The van der Waals surface area contributed by atoms with Gasteiger partial charge in [0, 0.05) is 27.3 Å². The molecule has 0 saturated carbocycles. The fourth-order valence-corrected chi connectivity index (χ4v) is 11.7. The Kier molecular flexibility index (Phi) is 23.7. The molecule has 0 aliphatic rings. The van der Waals surface area contributed by atoms with Crippen molar-refractivity contribution < 1.29 is 14.4 Å². The molecule has 0 aliphatic heterocycles. The van der Waals surface area contributed by atoms with Crippen molar-refractivity contribution in [2.24, 2.45) is 0 Å². The molecular formula is C32H69O3P2+. The van der Waals surface area contributed by atoms with E-state index in [1.165, 1.54) is 128 Å². The van der Waals surface area contributed by atoms with Crippen LogP contribution in [0.3, 0.4) is 0 Å². The first-order chi connectivity index (χ1) is 17.6. The van der Waals surface area contributed by atoms with Crippen LogP contribution in [-0.2, 0) is 4.57 Å². The maximum Gasteiger partial charge on any atom is 0.368 e. The van der Waals surface area contributed by atoms with Crippen molar-refractivity contribution in [2.45, 2.75) is 186 Å². The fraction of sp³-hybridized carbons (Fsp3) is 1.00. The zero-order valence-corrected chi connectivity index (χ0v) is 27.9. The van der Waals surface area contributed by atoms with Crippen molar-refractivity contribution in [1.82, 2.24) is 0 Å². The van der Waals surface area contributed by atoms with E-state index in [2.05, 4.69) is 33.8 Å². The number of hydrogen-bond acceptors (Lipinski definition) is 1. The summed E-state index contributed by atoms with van der Waals surface area (Å²) < 4.78 is 12.9. The highest BCUT2D eigenvalue weighted by Crippen LogP contribution is 2.77. The summed E-state index contributed by atoms with van der Waals surface area (Å²) in [6, 6.07) is 0. The summed E-state index contributed by atoms with van der Waals surface area (Å²) in [4.78, 5) is 20.3. The third kappa shape index (κ3) is 18.5. The Morgan fingerprint density at radius 1 is 0.459 bits per heavy atom. The third-order valence-electron chi connectivity index (χ3n) is 8.65. The van der Waals surface area contributed by atoms with E-state index in [0.717, 1.165) is 25.7 Å². The lowest BCUT2D eigenvalue weighted by molar-refractivity contribution is 0.333. The molecule has 0 bridgehead atoms. The van der Waals surface area contributed by atoms with Gasteiger partial charge in [0.25, 0.3) is 0 Å². The minimum Gasteiger partial charge on any atom is -0.321 e. The molecule has 0 aliphatic carbocycles. The van der Waals surface area contributed by atoms with Crippen molar-refractivity contribution in [1.29, 1.82) is 0 Å². The molecule has 0 spiro atoms. The smallest absolute Gasteiger partial charge is 0.321 e. The van der Waals surface area contributed by atoms with E-state index >= 15 is 0 Å². The summed E-state index contributed by atoms with van der Waals surface area (Å²) in [6.07, 6.45) is 32.5. The van der Waals surface area contributed by atoms with E-state index in [0.29, 0.717) is 12.8 Å². The van der Waals surface area contributed by atoms with E-state index in [4.69, 9.17) is 0 Å². The maximum absolute atomic E-state index is 12.9. The van der Waals surface area contributed by atoms with Gasteiger partial charge in [-0.2, -0.15) is 0 Å². The van der Waals surface area contributed by atoms with Crippen LogP contribution in [0.15, 0.2) is 0 Å². The molecule has 0 heterocycles. The van der Waals surface area contributed by atoms with Crippen LogP contribution < -0.4 is 0 Å². The van der Waals surface area contributed by atoms with Crippen molar-refractivity contribution in [2.75, 3.05) is 20.0 Å². The first kappa shape index (κ1) is 37.6. The van der Waals surface area contributed by atoms with Gasteiger partial charge in [0.15, 0.2) is 4.90 Å². The van der Waals surface area contributed by atoms with Gasteiger partial charge < -0.3 is 9.79 Å². The highest BCUT2D eigenvalue weighted by Gasteiger charge is 2.59. The monoisotopic (exact) mass is 563 g/mol. The van der Waals surface area contributed by atoms with Crippen LogP contribution in [0.5, 0.6) is 0 Å². The predicted molar refractivity (Wildman–Crippen MR) is 171 cm³/mol. The molecule has 37 heavy (non-hydrogen) atoms. The zero-order chi connectivity index (χ0) is 27.9. The minimum atomic E-state index is -4.14. The van der Waals surface area contributed by atoms with Gasteiger partial charge in [-0.25, -0.2) is 0 Å². The summed E-state index contributed by atoms with van der Waals surface area (Å²) in [5.74, 6) is 0. The molecular weight excluding hydrogens is 494 g/mol. The third-order valence-corrected chi connectivity index (χ3v) is 15.7. The quantitative estimate of drug-likeness (QED) is 0.0735. The summed E-state index contributed by atoms with van der Waals surface area (Å²) in [5.41, 5.74) is 0. The molecule has 0 fully saturated rings. The van der Waals surface area contributed by atoms with Gasteiger partial charge in [-0.3, -0.25) is 4.57 Å². The lowest BCUT2D eigenvalue weighted by atomic mass is 10.0. The first-order valence-electron chi connectivity index (χ1n) is 16.5. The fourth-order valence-electron chi connectivity index (χ4n) is 5.98. The van der Waals surface area contributed by atoms with E-state index in [1.54, 1.807) is 0 Å². The summed E-state index contributed by atoms with van der Waals surface area (Å²) in [7, 11) is -5.85. The molecule has 224 valence electrons. The van der Waals surface area contributed by atoms with Crippen LogP contribution in [0.25, 0.3) is 0 Å². The largest absolute Gasteiger partial charge is 0.368 e. The van der Waals surface area contributed by atoms with Crippen LogP contribution in [-0.4, -0.2) is 34.7 Å². The Hall–Kier alpha value is 0.580. The number of unbranched alkanes of at least 4 members (excludes halogenated alkanes) is 22. The Labute approximate surface area is 234 Å². The molecule has 0 radical (unpaired) electrons. The molecule has 0 aromatic rings. The van der Waals surface area contributed by atoms with E-state index < -0.39 is 19.8 Å². The van der Waals surface area contributed by atoms with Gasteiger partial charge in [-0.15, -0.1) is 0 Å². The molecule has 0 saturated heterocycles. The first-order valence-corrected chi connectivity index (χ1v) is 21.2.